The first-order valence-corrected chi connectivity index (χ1v) is 3.45. The SMILES string of the molecule is Nc1ccoc1[C@H](N)CCO. The van der Waals surface area contributed by atoms with E-state index in [2.05, 4.69) is 0 Å². The molecule has 5 N–H and O–H groups in total. The summed E-state index contributed by atoms with van der Waals surface area (Å²) >= 11 is 0. The second-order valence-corrected chi connectivity index (χ2v) is 2.36. The van der Waals surface area contributed by atoms with Crippen molar-refractivity contribution in [3.8, 4) is 0 Å². The van der Waals surface area contributed by atoms with Crippen LogP contribution in [-0.4, -0.2) is 11.7 Å². The lowest BCUT2D eigenvalue weighted by molar-refractivity contribution is 0.269. The van der Waals surface area contributed by atoms with E-state index < -0.39 is 0 Å². The molecule has 0 aliphatic rings. The number of nitrogen functional groups attached to an aromatic ring is 1. The van der Waals surface area contributed by atoms with E-state index in [1.54, 1.807) is 6.07 Å². The summed E-state index contributed by atoms with van der Waals surface area (Å²) in [6.07, 6.45) is 1.96. The topological polar surface area (TPSA) is 85.4 Å². The number of anilines is 1. The predicted octanol–water partition coefficient (Wildman–Crippen LogP) is 0.244. The summed E-state index contributed by atoms with van der Waals surface area (Å²) in [7, 11) is 0. The summed E-state index contributed by atoms with van der Waals surface area (Å²) < 4.78 is 5.02. The van der Waals surface area contributed by atoms with Gasteiger partial charge < -0.3 is 21.0 Å². The van der Waals surface area contributed by atoms with E-state index in [0.717, 1.165) is 0 Å². The third kappa shape index (κ3) is 1.72. The van der Waals surface area contributed by atoms with Gasteiger partial charge in [0.05, 0.1) is 18.0 Å². The Bertz CT molecular complexity index is 222. The van der Waals surface area contributed by atoms with Gasteiger partial charge in [-0.2, -0.15) is 0 Å². The first kappa shape index (κ1) is 8.10. The molecule has 1 rings (SSSR count). The highest BCUT2D eigenvalue weighted by Crippen LogP contribution is 2.21. The molecule has 62 valence electrons. The second-order valence-electron chi connectivity index (χ2n) is 2.36. The third-order valence-electron chi connectivity index (χ3n) is 1.50. The number of rotatable bonds is 3. The molecule has 0 saturated heterocycles. The van der Waals surface area contributed by atoms with E-state index in [4.69, 9.17) is 21.0 Å². The fourth-order valence-electron chi connectivity index (χ4n) is 0.902. The Hall–Kier alpha value is -1.00. The summed E-state index contributed by atoms with van der Waals surface area (Å²) in [6, 6.07) is 1.35. The molecule has 0 saturated carbocycles. The highest BCUT2D eigenvalue weighted by atomic mass is 16.3. The van der Waals surface area contributed by atoms with Crippen molar-refractivity contribution in [2.45, 2.75) is 12.5 Å². The Morgan fingerprint density at radius 1 is 1.64 bits per heavy atom. The summed E-state index contributed by atoms with van der Waals surface area (Å²) in [6.45, 7) is 0.0430. The lowest BCUT2D eigenvalue weighted by atomic mass is 10.1. The standard InChI is InChI=1S/C7H12N2O2/c8-5(1-3-10)7-6(9)2-4-11-7/h2,4-5,10H,1,3,8-9H2/t5-/m1/s1. The number of aliphatic hydroxyl groups is 1. The van der Waals surface area contributed by atoms with Crippen molar-refractivity contribution >= 4 is 5.69 Å². The third-order valence-corrected chi connectivity index (χ3v) is 1.50. The molecule has 4 heteroatoms. The summed E-state index contributed by atoms with van der Waals surface area (Å²) in [5.41, 5.74) is 11.7. The van der Waals surface area contributed by atoms with Crippen molar-refractivity contribution in [1.29, 1.82) is 0 Å². The molecule has 0 unspecified atom stereocenters. The zero-order valence-electron chi connectivity index (χ0n) is 6.16. The van der Waals surface area contributed by atoms with E-state index in [0.29, 0.717) is 17.9 Å². The molecule has 0 spiro atoms. The molecule has 1 atom stereocenters. The molecule has 0 aliphatic heterocycles. The summed E-state index contributed by atoms with van der Waals surface area (Å²) in [5.74, 6) is 0.555. The predicted molar refractivity (Wildman–Crippen MR) is 41.8 cm³/mol. The summed E-state index contributed by atoms with van der Waals surface area (Å²) in [5, 5.41) is 8.56. The lowest BCUT2D eigenvalue weighted by Gasteiger charge is -2.06. The van der Waals surface area contributed by atoms with E-state index in [1.165, 1.54) is 6.26 Å². The molecule has 11 heavy (non-hydrogen) atoms. The van der Waals surface area contributed by atoms with Crippen LogP contribution in [0.15, 0.2) is 16.7 Å². The Kier molecular flexibility index (Phi) is 2.51. The average molecular weight is 156 g/mol. The highest BCUT2D eigenvalue weighted by molar-refractivity contribution is 5.42. The zero-order chi connectivity index (χ0) is 8.27. The van der Waals surface area contributed by atoms with E-state index in [1.807, 2.05) is 0 Å². The quantitative estimate of drug-likeness (QED) is 0.585. The minimum Gasteiger partial charge on any atom is -0.465 e. The Morgan fingerprint density at radius 2 is 2.36 bits per heavy atom. The van der Waals surface area contributed by atoms with E-state index >= 15 is 0 Å². The number of hydrogen-bond donors (Lipinski definition) is 3. The fourth-order valence-corrected chi connectivity index (χ4v) is 0.902. The Morgan fingerprint density at radius 3 is 2.82 bits per heavy atom. The number of nitrogens with two attached hydrogens (primary N) is 2. The van der Waals surface area contributed by atoms with Crippen molar-refractivity contribution in [3.05, 3.63) is 18.1 Å². The molecule has 4 nitrogen and oxygen atoms in total. The monoisotopic (exact) mass is 156 g/mol. The number of furan rings is 1. The normalized spacial score (nSPS) is 13.3. The molecule has 1 heterocycles. The van der Waals surface area contributed by atoms with Crippen LogP contribution in [0.5, 0.6) is 0 Å². The van der Waals surface area contributed by atoms with Gasteiger partial charge in [0, 0.05) is 6.61 Å². The second kappa shape index (κ2) is 3.41. The van der Waals surface area contributed by atoms with Gasteiger partial charge in [0.15, 0.2) is 0 Å². The maximum absolute atomic E-state index is 8.56. The molecular weight excluding hydrogens is 144 g/mol. The van der Waals surface area contributed by atoms with Crippen LogP contribution in [0.2, 0.25) is 0 Å². The fraction of sp³-hybridized carbons (Fsp3) is 0.429. The first-order chi connectivity index (χ1) is 5.25. The van der Waals surface area contributed by atoms with Crippen LogP contribution in [0.25, 0.3) is 0 Å². The Balaban J connectivity index is 2.67. The van der Waals surface area contributed by atoms with Gasteiger partial charge in [0.2, 0.25) is 0 Å². The van der Waals surface area contributed by atoms with Crippen molar-refractivity contribution in [1.82, 2.24) is 0 Å². The first-order valence-electron chi connectivity index (χ1n) is 3.45. The zero-order valence-corrected chi connectivity index (χ0v) is 6.16. The van der Waals surface area contributed by atoms with Gasteiger partial charge in [0.25, 0.3) is 0 Å². The molecule has 0 fully saturated rings. The molecular formula is C7H12N2O2. The molecule has 0 radical (unpaired) electrons. The minimum atomic E-state index is -0.296. The van der Waals surface area contributed by atoms with Gasteiger partial charge in [-0.1, -0.05) is 0 Å². The van der Waals surface area contributed by atoms with Gasteiger partial charge in [-0.15, -0.1) is 0 Å². The molecule has 0 amide bonds. The Labute approximate surface area is 64.8 Å². The van der Waals surface area contributed by atoms with Crippen molar-refractivity contribution in [2.75, 3.05) is 12.3 Å². The minimum absolute atomic E-state index is 0.0430. The van der Waals surface area contributed by atoms with E-state index in [9.17, 15) is 0 Å². The average Bonchev–Trinajstić information content (AvgIpc) is 2.36. The van der Waals surface area contributed by atoms with Gasteiger partial charge in [-0.25, -0.2) is 0 Å². The van der Waals surface area contributed by atoms with Crippen LogP contribution in [0.4, 0.5) is 5.69 Å². The van der Waals surface area contributed by atoms with Crippen molar-refractivity contribution in [2.24, 2.45) is 5.73 Å². The number of aliphatic hydroxyl groups excluding tert-OH is 1. The molecule has 0 aromatic carbocycles. The van der Waals surface area contributed by atoms with Crippen LogP contribution in [0, 0.1) is 0 Å². The van der Waals surface area contributed by atoms with Gasteiger partial charge in [-0.3, -0.25) is 0 Å². The van der Waals surface area contributed by atoms with Crippen molar-refractivity contribution < 1.29 is 9.52 Å². The maximum Gasteiger partial charge on any atom is 0.143 e. The largest absolute Gasteiger partial charge is 0.465 e. The molecule has 1 aromatic rings. The lowest BCUT2D eigenvalue weighted by Crippen LogP contribution is -2.12. The van der Waals surface area contributed by atoms with Crippen LogP contribution in [0.1, 0.15) is 18.2 Å². The van der Waals surface area contributed by atoms with Crippen molar-refractivity contribution in [3.63, 3.8) is 0 Å². The summed E-state index contributed by atoms with van der Waals surface area (Å²) in [4.78, 5) is 0. The highest BCUT2D eigenvalue weighted by Gasteiger charge is 2.11. The van der Waals surface area contributed by atoms with Gasteiger partial charge in [0.1, 0.15) is 5.76 Å². The number of hydrogen-bond acceptors (Lipinski definition) is 4. The van der Waals surface area contributed by atoms with Crippen LogP contribution in [0.3, 0.4) is 0 Å². The van der Waals surface area contributed by atoms with Gasteiger partial charge >= 0.3 is 0 Å². The molecule has 0 aliphatic carbocycles. The van der Waals surface area contributed by atoms with Gasteiger partial charge in [-0.05, 0) is 12.5 Å². The van der Waals surface area contributed by atoms with Crippen LogP contribution >= 0.6 is 0 Å². The van der Waals surface area contributed by atoms with E-state index in [-0.39, 0.29) is 12.6 Å². The molecule has 0 bridgehead atoms. The smallest absolute Gasteiger partial charge is 0.143 e. The molecule has 1 aromatic heterocycles. The van der Waals surface area contributed by atoms with Crippen LogP contribution in [-0.2, 0) is 0 Å². The maximum atomic E-state index is 8.56. The van der Waals surface area contributed by atoms with Crippen LogP contribution < -0.4 is 11.5 Å².